The average Bonchev–Trinajstić information content (AvgIpc) is 2.35. The molecule has 22 heavy (non-hydrogen) atoms. The monoisotopic (exact) mass is 379 g/mol. The van der Waals surface area contributed by atoms with Crippen LogP contribution in [0.4, 0.5) is 26.3 Å². The van der Waals surface area contributed by atoms with Crippen LogP contribution in [0.5, 0.6) is 0 Å². The topological polar surface area (TPSA) is 34.1 Å². The molecule has 1 aliphatic rings. The van der Waals surface area contributed by atoms with Gasteiger partial charge in [0.05, 0.1) is 0 Å². The summed E-state index contributed by atoms with van der Waals surface area (Å²) in [6, 6.07) is 0. The molecule has 0 aromatic rings. The number of rotatable bonds is 3. The van der Waals surface area contributed by atoms with E-state index in [2.05, 4.69) is 24.3 Å². The van der Waals surface area contributed by atoms with Crippen molar-refractivity contribution in [2.75, 3.05) is 6.67 Å². The molecular formula is C13H14CuF6O2. The molecule has 1 aliphatic carbocycles. The van der Waals surface area contributed by atoms with Crippen molar-refractivity contribution in [1.29, 1.82) is 0 Å². The molecule has 2 nitrogen and oxygen atoms in total. The van der Waals surface area contributed by atoms with Gasteiger partial charge in [-0.15, -0.1) is 0 Å². The van der Waals surface area contributed by atoms with Crippen molar-refractivity contribution in [2.45, 2.75) is 37.8 Å². The van der Waals surface area contributed by atoms with Gasteiger partial charge in [0.1, 0.15) is 0 Å². The molecule has 0 heterocycles. The maximum absolute atomic E-state index is 12.0. The van der Waals surface area contributed by atoms with Crippen molar-refractivity contribution in [3.63, 3.8) is 0 Å². The summed E-state index contributed by atoms with van der Waals surface area (Å²) >= 11 is 0. The molecule has 0 aromatic heterocycles. The summed E-state index contributed by atoms with van der Waals surface area (Å²) in [6.07, 6.45) is 8.15. The van der Waals surface area contributed by atoms with Crippen molar-refractivity contribution in [3.8, 4) is 0 Å². The van der Waals surface area contributed by atoms with Gasteiger partial charge in [-0.25, -0.2) is 4.39 Å². The second-order valence-corrected chi connectivity index (χ2v) is 4.06. The molecule has 0 unspecified atom stereocenters. The van der Waals surface area contributed by atoms with Crippen LogP contribution in [0.2, 0.25) is 0 Å². The van der Waals surface area contributed by atoms with Gasteiger partial charge in [-0.1, -0.05) is 24.3 Å². The van der Waals surface area contributed by atoms with Crippen LogP contribution in [0.15, 0.2) is 24.3 Å². The van der Waals surface area contributed by atoms with Gasteiger partial charge in [-0.2, -0.15) is 22.0 Å². The van der Waals surface area contributed by atoms with Crippen LogP contribution < -0.4 is 0 Å². The third-order valence-corrected chi connectivity index (χ3v) is 2.35. The second kappa shape index (κ2) is 10.6. The Hall–Kier alpha value is -1.08. The van der Waals surface area contributed by atoms with Gasteiger partial charge in [-0.05, 0) is 25.7 Å². The van der Waals surface area contributed by atoms with Crippen molar-refractivity contribution in [1.82, 2.24) is 0 Å². The molecule has 0 fully saturated rings. The SMILES string of the molecule is C1=CCCC=CCC1.O=C(CF)C(F)(F)C(=O)C(F)(F)F.[Cu]. The first-order valence-electron chi connectivity index (χ1n) is 6.02. The number of carbonyl (C=O) groups is 2. The molecule has 1 rings (SSSR count). The molecule has 0 spiro atoms. The minimum atomic E-state index is -5.85. The Balaban J connectivity index is 0. The Labute approximate surface area is 134 Å². The fourth-order valence-electron chi connectivity index (χ4n) is 1.24. The molecule has 0 saturated carbocycles. The minimum Gasteiger partial charge on any atom is -0.289 e. The van der Waals surface area contributed by atoms with Crippen LogP contribution in [0.1, 0.15) is 25.7 Å². The Morgan fingerprint density at radius 2 is 1.14 bits per heavy atom. The Morgan fingerprint density at radius 3 is 1.36 bits per heavy atom. The van der Waals surface area contributed by atoms with Crippen molar-refractivity contribution in [2.24, 2.45) is 0 Å². The van der Waals surface area contributed by atoms with Crippen molar-refractivity contribution < 1.29 is 53.0 Å². The third-order valence-electron chi connectivity index (χ3n) is 2.35. The molecule has 0 saturated heterocycles. The Morgan fingerprint density at radius 1 is 0.818 bits per heavy atom. The summed E-state index contributed by atoms with van der Waals surface area (Å²) in [7, 11) is 0. The number of Topliss-reactive ketones (excluding diaryl/α,β-unsaturated/α-hetero) is 2. The zero-order valence-corrected chi connectivity index (χ0v) is 12.2. The molecule has 9 heteroatoms. The first-order chi connectivity index (χ1) is 9.64. The molecule has 0 bridgehead atoms. The Bertz CT molecular complexity index is 389. The van der Waals surface area contributed by atoms with E-state index < -0.39 is 30.3 Å². The van der Waals surface area contributed by atoms with Gasteiger partial charge >= 0.3 is 17.9 Å². The first-order valence-corrected chi connectivity index (χ1v) is 6.02. The van der Waals surface area contributed by atoms with E-state index in [0.29, 0.717) is 0 Å². The van der Waals surface area contributed by atoms with Gasteiger partial charge in [0.25, 0.3) is 0 Å². The molecule has 0 atom stereocenters. The van der Waals surface area contributed by atoms with Crippen molar-refractivity contribution >= 4 is 11.6 Å². The van der Waals surface area contributed by atoms with E-state index in [1.807, 2.05) is 0 Å². The van der Waals surface area contributed by atoms with Gasteiger partial charge < -0.3 is 0 Å². The molecule has 0 amide bonds. The summed E-state index contributed by atoms with van der Waals surface area (Å²) in [6.45, 7) is -2.32. The fourth-order valence-corrected chi connectivity index (χ4v) is 1.24. The summed E-state index contributed by atoms with van der Waals surface area (Å²) in [4.78, 5) is 19.7. The van der Waals surface area contributed by atoms with Crippen LogP contribution >= 0.6 is 0 Å². The summed E-state index contributed by atoms with van der Waals surface area (Å²) in [5.74, 6) is -11.6. The molecule has 0 aromatic carbocycles. The number of allylic oxidation sites excluding steroid dienone is 4. The quantitative estimate of drug-likeness (QED) is 0.322. The molecule has 0 aliphatic heterocycles. The van der Waals surface area contributed by atoms with E-state index in [1.165, 1.54) is 25.7 Å². The predicted octanol–water partition coefficient (Wildman–Crippen LogP) is 3.96. The smallest absolute Gasteiger partial charge is 0.289 e. The van der Waals surface area contributed by atoms with Crippen LogP contribution in [-0.2, 0) is 26.7 Å². The number of hydrogen-bond acceptors (Lipinski definition) is 2. The minimum absolute atomic E-state index is 0. The van der Waals surface area contributed by atoms with E-state index in [4.69, 9.17) is 0 Å². The summed E-state index contributed by atoms with van der Waals surface area (Å²) in [5, 5.41) is 0. The Kier molecular flexibility index (Phi) is 11.2. The zero-order chi connectivity index (χ0) is 16.5. The largest absolute Gasteiger partial charge is 0.456 e. The van der Waals surface area contributed by atoms with Crippen LogP contribution in [0.25, 0.3) is 0 Å². The van der Waals surface area contributed by atoms with E-state index in [9.17, 15) is 35.9 Å². The maximum atomic E-state index is 12.0. The zero-order valence-electron chi connectivity index (χ0n) is 11.2. The van der Waals surface area contributed by atoms with Gasteiger partial charge in [-0.3, -0.25) is 9.59 Å². The third kappa shape index (κ3) is 8.38. The van der Waals surface area contributed by atoms with E-state index in [1.54, 1.807) is 0 Å². The molecule has 1 radical (unpaired) electrons. The number of ketones is 2. The fraction of sp³-hybridized carbons (Fsp3) is 0.538. The number of halogens is 6. The molecule has 0 N–H and O–H groups in total. The number of alkyl halides is 6. The standard InChI is InChI=1S/C8H12.C5H2F6O2.Cu/c1-2-4-6-8-7-5-3-1;6-1-2(12)4(7,8)3(13)5(9,10)11;/h1-2,7-8H,3-6H2;1H2;. The normalized spacial score (nSPS) is 14.8. The van der Waals surface area contributed by atoms with E-state index in [0.717, 1.165) is 0 Å². The predicted molar refractivity (Wildman–Crippen MR) is 63.7 cm³/mol. The first kappa shape index (κ1) is 23.2. The van der Waals surface area contributed by atoms with Crippen LogP contribution in [0, 0.1) is 0 Å². The second-order valence-electron chi connectivity index (χ2n) is 4.06. The number of carbonyl (C=O) groups excluding carboxylic acids is 2. The molecular weight excluding hydrogens is 366 g/mol. The maximum Gasteiger partial charge on any atom is 0.456 e. The molecule has 131 valence electrons. The van der Waals surface area contributed by atoms with Gasteiger partial charge in [0.15, 0.2) is 6.67 Å². The average molecular weight is 380 g/mol. The van der Waals surface area contributed by atoms with E-state index in [-0.39, 0.29) is 17.1 Å². The summed E-state index contributed by atoms with van der Waals surface area (Å²) < 4.78 is 69.4. The van der Waals surface area contributed by atoms with Crippen LogP contribution in [0.3, 0.4) is 0 Å². The van der Waals surface area contributed by atoms with Gasteiger partial charge in [0.2, 0.25) is 5.78 Å². The number of hydrogen-bond donors (Lipinski definition) is 0. The summed E-state index contributed by atoms with van der Waals surface area (Å²) in [5.41, 5.74) is 0. The van der Waals surface area contributed by atoms with Crippen molar-refractivity contribution in [3.05, 3.63) is 24.3 Å². The van der Waals surface area contributed by atoms with E-state index >= 15 is 0 Å². The van der Waals surface area contributed by atoms with Crippen LogP contribution in [-0.4, -0.2) is 30.3 Å². The van der Waals surface area contributed by atoms with Gasteiger partial charge in [0, 0.05) is 17.1 Å².